The van der Waals surface area contributed by atoms with Gasteiger partial charge in [-0.15, -0.1) is 0 Å². The van der Waals surface area contributed by atoms with Crippen molar-refractivity contribution in [3.8, 4) is 6.07 Å². The molecule has 1 rings (SSSR count). The number of hydrogen-bond donors (Lipinski definition) is 1. The van der Waals surface area contributed by atoms with Crippen molar-refractivity contribution in [3.05, 3.63) is 29.8 Å². The molecule has 3 nitrogen and oxygen atoms in total. The van der Waals surface area contributed by atoms with Crippen LogP contribution in [0.2, 0.25) is 0 Å². The third-order valence-electron chi connectivity index (χ3n) is 3.11. The Morgan fingerprint density at radius 1 is 1.26 bits per heavy atom. The SMILES string of the molecule is CC[C@H](O)c1ccc(N(CCC#N)CC(C)C)cc1. The van der Waals surface area contributed by atoms with Gasteiger partial charge in [0, 0.05) is 18.8 Å². The Kier molecular flexibility index (Phi) is 6.38. The summed E-state index contributed by atoms with van der Waals surface area (Å²) in [7, 11) is 0. The lowest BCUT2D eigenvalue weighted by atomic mass is 10.1. The number of hydrogen-bond acceptors (Lipinski definition) is 3. The lowest BCUT2D eigenvalue weighted by Gasteiger charge is -2.26. The lowest BCUT2D eigenvalue weighted by molar-refractivity contribution is 0.173. The molecule has 0 aliphatic carbocycles. The van der Waals surface area contributed by atoms with Crippen LogP contribution in [0.15, 0.2) is 24.3 Å². The highest BCUT2D eigenvalue weighted by molar-refractivity contribution is 5.48. The summed E-state index contributed by atoms with van der Waals surface area (Å²) in [4.78, 5) is 2.23. The molecule has 104 valence electrons. The van der Waals surface area contributed by atoms with E-state index in [0.717, 1.165) is 30.8 Å². The molecule has 19 heavy (non-hydrogen) atoms. The molecule has 0 bridgehead atoms. The van der Waals surface area contributed by atoms with Crippen molar-refractivity contribution in [2.75, 3.05) is 18.0 Å². The van der Waals surface area contributed by atoms with E-state index in [-0.39, 0.29) is 6.10 Å². The number of aliphatic hydroxyl groups is 1. The van der Waals surface area contributed by atoms with E-state index in [2.05, 4.69) is 24.8 Å². The maximum atomic E-state index is 9.79. The molecular formula is C16H24N2O. The minimum atomic E-state index is -0.383. The molecule has 0 aromatic heterocycles. The molecule has 0 aliphatic heterocycles. The van der Waals surface area contributed by atoms with Gasteiger partial charge in [0.1, 0.15) is 0 Å². The summed E-state index contributed by atoms with van der Waals surface area (Å²) in [5.74, 6) is 0.555. The van der Waals surface area contributed by atoms with Crippen LogP contribution in [-0.2, 0) is 0 Å². The average Bonchev–Trinajstić information content (AvgIpc) is 2.42. The van der Waals surface area contributed by atoms with Crippen LogP contribution in [0.25, 0.3) is 0 Å². The summed E-state index contributed by atoms with van der Waals surface area (Å²) in [6.45, 7) is 8.02. The second-order valence-electron chi connectivity index (χ2n) is 5.26. The van der Waals surface area contributed by atoms with E-state index in [1.165, 1.54) is 0 Å². The number of rotatable bonds is 7. The Morgan fingerprint density at radius 3 is 2.37 bits per heavy atom. The van der Waals surface area contributed by atoms with Crippen LogP contribution < -0.4 is 4.90 Å². The molecule has 1 atom stereocenters. The van der Waals surface area contributed by atoms with Crippen LogP contribution in [0.1, 0.15) is 45.3 Å². The Balaban J connectivity index is 2.81. The number of benzene rings is 1. The molecule has 0 aliphatic rings. The Morgan fingerprint density at radius 2 is 1.89 bits per heavy atom. The predicted octanol–water partition coefficient (Wildman–Crippen LogP) is 3.51. The smallest absolute Gasteiger partial charge is 0.0787 e. The normalized spacial score (nSPS) is 12.2. The first-order valence-corrected chi connectivity index (χ1v) is 6.98. The molecular weight excluding hydrogens is 236 g/mol. The van der Waals surface area contributed by atoms with Crippen molar-refractivity contribution in [1.82, 2.24) is 0 Å². The number of anilines is 1. The third-order valence-corrected chi connectivity index (χ3v) is 3.11. The first-order chi connectivity index (χ1) is 9.08. The second kappa shape index (κ2) is 7.81. The van der Waals surface area contributed by atoms with Crippen LogP contribution in [0.5, 0.6) is 0 Å². The van der Waals surface area contributed by atoms with Gasteiger partial charge in [-0.05, 0) is 30.0 Å². The van der Waals surface area contributed by atoms with Crippen LogP contribution in [0.3, 0.4) is 0 Å². The van der Waals surface area contributed by atoms with Gasteiger partial charge >= 0.3 is 0 Å². The van der Waals surface area contributed by atoms with Gasteiger partial charge in [-0.2, -0.15) is 5.26 Å². The summed E-state index contributed by atoms with van der Waals surface area (Å²) in [5, 5.41) is 18.5. The van der Waals surface area contributed by atoms with Gasteiger partial charge in [-0.1, -0.05) is 32.9 Å². The lowest BCUT2D eigenvalue weighted by Crippen LogP contribution is -2.28. The fourth-order valence-corrected chi connectivity index (χ4v) is 2.09. The van der Waals surface area contributed by atoms with Crippen molar-refractivity contribution in [3.63, 3.8) is 0 Å². The summed E-state index contributed by atoms with van der Waals surface area (Å²) in [6.07, 6.45) is 0.877. The van der Waals surface area contributed by atoms with Crippen molar-refractivity contribution >= 4 is 5.69 Å². The Hall–Kier alpha value is -1.53. The monoisotopic (exact) mass is 260 g/mol. The molecule has 1 aromatic carbocycles. The molecule has 0 saturated carbocycles. The van der Waals surface area contributed by atoms with Gasteiger partial charge in [0.15, 0.2) is 0 Å². The third kappa shape index (κ3) is 4.92. The molecule has 1 N–H and O–H groups in total. The van der Waals surface area contributed by atoms with E-state index in [9.17, 15) is 5.11 Å². The molecule has 0 fully saturated rings. The van der Waals surface area contributed by atoms with Crippen LogP contribution in [0, 0.1) is 17.2 Å². The highest BCUT2D eigenvalue weighted by Gasteiger charge is 2.10. The molecule has 0 heterocycles. The van der Waals surface area contributed by atoms with Crippen molar-refractivity contribution in [2.45, 2.75) is 39.7 Å². The van der Waals surface area contributed by atoms with Gasteiger partial charge in [0.2, 0.25) is 0 Å². The van der Waals surface area contributed by atoms with E-state index in [1.54, 1.807) is 0 Å². The van der Waals surface area contributed by atoms with E-state index < -0.39 is 0 Å². The van der Waals surface area contributed by atoms with Crippen molar-refractivity contribution in [1.29, 1.82) is 5.26 Å². The number of nitriles is 1. The molecule has 3 heteroatoms. The minimum absolute atomic E-state index is 0.383. The maximum absolute atomic E-state index is 9.79. The molecule has 0 spiro atoms. The number of nitrogens with zero attached hydrogens (tertiary/aromatic N) is 2. The van der Waals surface area contributed by atoms with Crippen LogP contribution >= 0.6 is 0 Å². The highest BCUT2D eigenvalue weighted by Crippen LogP contribution is 2.22. The maximum Gasteiger partial charge on any atom is 0.0787 e. The molecule has 1 aromatic rings. The minimum Gasteiger partial charge on any atom is -0.388 e. The predicted molar refractivity (Wildman–Crippen MR) is 79.0 cm³/mol. The molecule has 0 radical (unpaired) electrons. The highest BCUT2D eigenvalue weighted by atomic mass is 16.3. The van der Waals surface area contributed by atoms with Crippen LogP contribution in [-0.4, -0.2) is 18.2 Å². The Bertz CT molecular complexity index is 406. The Labute approximate surface area is 116 Å². The second-order valence-corrected chi connectivity index (χ2v) is 5.26. The van der Waals surface area contributed by atoms with Gasteiger partial charge in [0.25, 0.3) is 0 Å². The molecule has 0 unspecified atom stereocenters. The van der Waals surface area contributed by atoms with E-state index in [0.29, 0.717) is 12.3 Å². The van der Waals surface area contributed by atoms with Gasteiger partial charge in [-0.25, -0.2) is 0 Å². The fraction of sp³-hybridized carbons (Fsp3) is 0.562. The van der Waals surface area contributed by atoms with E-state index >= 15 is 0 Å². The van der Waals surface area contributed by atoms with E-state index in [1.807, 2.05) is 31.2 Å². The fourth-order valence-electron chi connectivity index (χ4n) is 2.09. The quantitative estimate of drug-likeness (QED) is 0.816. The zero-order valence-corrected chi connectivity index (χ0v) is 12.1. The van der Waals surface area contributed by atoms with Gasteiger partial charge in [0.05, 0.1) is 18.6 Å². The number of aliphatic hydroxyl groups excluding tert-OH is 1. The van der Waals surface area contributed by atoms with Gasteiger partial charge < -0.3 is 10.0 Å². The topological polar surface area (TPSA) is 47.3 Å². The van der Waals surface area contributed by atoms with Crippen LogP contribution in [0.4, 0.5) is 5.69 Å². The largest absolute Gasteiger partial charge is 0.388 e. The average molecular weight is 260 g/mol. The molecule has 0 amide bonds. The van der Waals surface area contributed by atoms with Crippen molar-refractivity contribution in [2.24, 2.45) is 5.92 Å². The summed E-state index contributed by atoms with van der Waals surface area (Å²) >= 11 is 0. The standard InChI is InChI=1S/C16H24N2O/c1-4-16(19)14-6-8-15(9-7-14)18(11-5-10-17)12-13(2)3/h6-9,13,16,19H,4-5,11-12H2,1-3H3/t16-/m0/s1. The summed E-state index contributed by atoms with van der Waals surface area (Å²) < 4.78 is 0. The van der Waals surface area contributed by atoms with Gasteiger partial charge in [-0.3, -0.25) is 0 Å². The zero-order chi connectivity index (χ0) is 14.3. The van der Waals surface area contributed by atoms with E-state index in [4.69, 9.17) is 5.26 Å². The first kappa shape index (κ1) is 15.5. The first-order valence-electron chi connectivity index (χ1n) is 6.98. The summed E-state index contributed by atoms with van der Waals surface area (Å²) in [6, 6.07) is 10.2. The van der Waals surface area contributed by atoms with Crippen molar-refractivity contribution < 1.29 is 5.11 Å². The molecule has 0 saturated heterocycles. The zero-order valence-electron chi connectivity index (χ0n) is 12.1. The summed E-state index contributed by atoms with van der Waals surface area (Å²) in [5.41, 5.74) is 2.08.